The Labute approximate surface area is 212 Å². The summed E-state index contributed by atoms with van der Waals surface area (Å²) in [5, 5.41) is 2.81. The molecule has 0 aliphatic carbocycles. The maximum absolute atomic E-state index is 10.6. The van der Waals surface area contributed by atoms with E-state index in [0.29, 0.717) is 0 Å². The number of carbonyl (C=O) groups excluding carboxylic acids is 1. The van der Waals surface area contributed by atoms with Gasteiger partial charge < -0.3 is 22.2 Å². The lowest BCUT2D eigenvalue weighted by Gasteiger charge is -2.30. The Morgan fingerprint density at radius 3 is 1.88 bits per heavy atom. The van der Waals surface area contributed by atoms with Crippen molar-refractivity contribution in [2.75, 3.05) is 27.2 Å². The van der Waals surface area contributed by atoms with Crippen molar-refractivity contribution in [3.05, 3.63) is 35.9 Å². The first-order chi connectivity index (χ1) is 15.5. The summed E-state index contributed by atoms with van der Waals surface area (Å²) in [5.74, 6) is 0.225. The molecule has 0 aromatic heterocycles. The largest absolute Gasteiger partial charge is 1.00 e. The maximum atomic E-state index is 10.6. The summed E-state index contributed by atoms with van der Waals surface area (Å²) in [5.41, 5.74) is 1.46. The highest BCUT2D eigenvalue weighted by molar-refractivity contribution is 5.75. The van der Waals surface area contributed by atoms with Crippen LogP contribution in [0, 0.1) is 0 Å². The fraction of sp³-hybridized carbons (Fsp3) is 0.759. The number of nitrogens with zero attached hydrogens (tertiary/aromatic N) is 1. The molecule has 3 nitrogen and oxygen atoms in total. The Bertz CT molecular complexity index is 552. The molecule has 1 aliphatic rings. The van der Waals surface area contributed by atoms with Crippen molar-refractivity contribution < 1.29 is 21.7 Å². The third kappa shape index (κ3) is 20.1. The van der Waals surface area contributed by atoms with Crippen molar-refractivity contribution in [2.24, 2.45) is 0 Å². The molecule has 1 aromatic rings. The highest BCUT2D eigenvalue weighted by Crippen LogP contribution is 2.14. The molecule has 1 amide bonds. The minimum Gasteiger partial charge on any atom is -1.00 e. The molecule has 33 heavy (non-hydrogen) atoms. The molecule has 1 saturated heterocycles. The van der Waals surface area contributed by atoms with E-state index in [1.165, 1.54) is 95.6 Å². The number of halogens is 1. The summed E-state index contributed by atoms with van der Waals surface area (Å²) in [4.78, 5) is 10.6. The first-order valence-corrected chi connectivity index (χ1v) is 13.7. The normalized spacial score (nSPS) is 13.8. The average molecular weight is 481 g/mol. The van der Waals surface area contributed by atoms with E-state index in [4.69, 9.17) is 0 Å². The molecule has 0 saturated carbocycles. The van der Waals surface area contributed by atoms with Crippen LogP contribution >= 0.6 is 0 Å². The monoisotopic (exact) mass is 480 g/mol. The molecule has 192 valence electrons. The van der Waals surface area contributed by atoms with Gasteiger partial charge in [-0.05, 0) is 25.7 Å². The number of benzene rings is 1. The molecule has 1 N–H and O–H groups in total. The van der Waals surface area contributed by atoms with E-state index in [2.05, 4.69) is 56.7 Å². The van der Waals surface area contributed by atoms with E-state index >= 15 is 0 Å². The van der Waals surface area contributed by atoms with Crippen LogP contribution in [-0.4, -0.2) is 37.6 Å². The fourth-order valence-electron chi connectivity index (χ4n) is 4.44. The topological polar surface area (TPSA) is 29.1 Å². The molecule has 0 atom stereocenters. The molecule has 1 aromatic carbocycles. The Morgan fingerprint density at radius 1 is 0.758 bits per heavy atom. The van der Waals surface area contributed by atoms with Crippen molar-refractivity contribution in [3.63, 3.8) is 0 Å². The minimum absolute atomic E-state index is 0. The van der Waals surface area contributed by atoms with Gasteiger partial charge in [-0.1, -0.05) is 108 Å². The Balaban J connectivity index is 0.000000956. The average Bonchev–Trinajstić information content (AvgIpc) is 3.03. The minimum atomic E-state index is 0. The van der Waals surface area contributed by atoms with Crippen LogP contribution in [0.4, 0.5) is 0 Å². The van der Waals surface area contributed by atoms with Crippen LogP contribution in [0.5, 0.6) is 0 Å². The first-order valence-electron chi connectivity index (χ1n) is 13.7. The lowest BCUT2D eigenvalue weighted by atomic mass is 10.1. The molecule has 1 aliphatic heterocycles. The maximum Gasteiger partial charge on any atom is 0.219 e. The second-order valence-electron chi connectivity index (χ2n) is 10.4. The molecule has 0 unspecified atom stereocenters. The summed E-state index contributed by atoms with van der Waals surface area (Å²) in [6, 6.07) is 10.9. The third-order valence-corrected chi connectivity index (χ3v) is 6.47. The van der Waals surface area contributed by atoms with Crippen molar-refractivity contribution in [1.29, 1.82) is 0 Å². The van der Waals surface area contributed by atoms with Gasteiger partial charge in [0.2, 0.25) is 5.91 Å². The summed E-state index contributed by atoms with van der Waals surface area (Å²) >= 11 is 0. The van der Waals surface area contributed by atoms with Crippen LogP contribution in [-0.2, 0) is 11.3 Å². The molecule has 2 rings (SSSR count). The predicted octanol–water partition coefficient (Wildman–Crippen LogP) is 4.64. The van der Waals surface area contributed by atoms with Crippen molar-refractivity contribution >= 4 is 5.91 Å². The molecular weight excluding hydrogens is 428 g/mol. The first kappa shape index (κ1) is 31.9. The molecule has 1 heterocycles. The number of unbranched alkanes of at least 4 members (excludes halogenated alkanes) is 11. The van der Waals surface area contributed by atoms with E-state index in [-0.39, 0.29) is 18.3 Å². The highest BCUT2D eigenvalue weighted by Gasteiger charge is 2.14. The SMILES string of the molecule is CCCCCCCCCCCCCC[N+](C)(C)Cc1ccccc1.O=C1CCCCCN1.[Cl-]. The summed E-state index contributed by atoms with van der Waals surface area (Å²) in [6.07, 6.45) is 21.4. The van der Waals surface area contributed by atoms with E-state index in [0.717, 1.165) is 36.8 Å². The number of hydrogen-bond donors (Lipinski definition) is 1. The fourth-order valence-corrected chi connectivity index (χ4v) is 4.44. The van der Waals surface area contributed by atoms with Gasteiger partial charge in [-0.25, -0.2) is 0 Å². The zero-order valence-electron chi connectivity index (χ0n) is 22.1. The van der Waals surface area contributed by atoms with Crippen molar-refractivity contribution in [2.45, 2.75) is 116 Å². The summed E-state index contributed by atoms with van der Waals surface area (Å²) < 4.78 is 1.11. The summed E-state index contributed by atoms with van der Waals surface area (Å²) in [7, 11) is 4.73. The van der Waals surface area contributed by atoms with Gasteiger partial charge in [-0.2, -0.15) is 0 Å². The van der Waals surface area contributed by atoms with E-state index in [1.807, 2.05) is 0 Å². The van der Waals surface area contributed by atoms with Gasteiger partial charge in [-0.3, -0.25) is 4.79 Å². The van der Waals surface area contributed by atoms with Crippen LogP contribution in [0.2, 0.25) is 0 Å². The van der Waals surface area contributed by atoms with Gasteiger partial charge in [0.15, 0.2) is 0 Å². The lowest BCUT2D eigenvalue weighted by Crippen LogP contribution is -3.00. The van der Waals surface area contributed by atoms with E-state index in [1.54, 1.807) is 0 Å². The number of nitrogens with one attached hydrogen (secondary N) is 1. The smallest absolute Gasteiger partial charge is 0.219 e. The Kier molecular flexibility index (Phi) is 20.8. The standard InChI is InChI=1S/C23H42N.C6H11NO.ClH/c1-4-5-6-7-8-9-10-11-12-13-14-18-21-24(2,3)22-23-19-16-15-17-20-23;8-6-4-2-1-3-5-7-6;/h15-17,19-20H,4-14,18,21-22H2,1-3H3;1-5H2,(H,7,8);1H/q+1;;/p-1. The number of amides is 1. The number of carbonyl (C=O) groups is 1. The molecule has 0 radical (unpaired) electrons. The van der Waals surface area contributed by atoms with Crippen LogP contribution in [0.25, 0.3) is 0 Å². The molecule has 4 heteroatoms. The predicted molar refractivity (Wildman–Crippen MR) is 140 cm³/mol. The van der Waals surface area contributed by atoms with Crippen molar-refractivity contribution in [3.8, 4) is 0 Å². The van der Waals surface area contributed by atoms with E-state index in [9.17, 15) is 4.79 Å². The number of quaternary nitrogens is 1. The molecule has 0 bridgehead atoms. The van der Waals surface area contributed by atoms with Gasteiger partial charge >= 0.3 is 0 Å². The van der Waals surface area contributed by atoms with Crippen LogP contribution in [0.1, 0.15) is 115 Å². The Hall–Kier alpha value is -1.06. The quantitative estimate of drug-likeness (QED) is 0.287. The van der Waals surface area contributed by atoms with Crippen molar-refractivity contribution in [1.82, 2.24) is 5.32 Å². The second kappa shape index (κ2) is 21.5. The van der Waals surface area contributed by atoms with Gasteiger partial charge in [0.05, 0.1) is 20.6 Å². The van der Waals surface area contributed by atoms with Gasteiger partial charge in [-0.15, -0.1) is 0 Å². The zero-order valence-corrected chi connectivity index (χ0v) is 22.8. The number of hydrogen-bond acceptors (Lipinski definition) is 1. The van der Waals surface area contributed by atoms with Gasteiger partial charge in [0, 0.05) is 18.5 Å². The molecule has 0 spiro atoms. The molecule has 1 fully saturated rings. The lowest BCUT2D eigenvalue weighted by molar-refractivity contribution is -0.903. The third-order valence-electron chi connectivity index (χ3n) is 6.47. The zero-order chi connectivity index (χ0) is 23.3. The van der Waals surface area contributed by atoms with Gasteiger partial charge in [0.1, 0.15) is 6.54 Å². The highest BCUT2D eigenvalue weighted by atomic mass is 35.5. The van der Waals surface area contributed by atoms with Crippen LogP contribution < -0.4 is 17.7 Å². The van der Waals surface area contributed by atoms with E-state index < -0.39 is 0 Å². The van der Waals surface area contributed by atoms with Crippen LogP contribution in [0.15, 0.2) is 30.3 Å². The van der Waals surface area contributed by atoms with Crippen LogP contribution in [0.3, 0.4) is 0 Å². The number of rotatable bonds is 15. The second-order valence-corrected chi connectivity index (χ2v) is 10.4. The molecular formula is C29H53ClN2O. The summed E-state index contributed by atoms with van der Waals surface area (Å²) in [6.45, 7) is 5.63. The Morgan fingerprint density at radius 2 is 1.30 bits per heavy atom. The van der Waals surface area contributed by atoms with Gasteiger partial charge in [0.25, 0.3) is 0 Å².